The summed E-state index contributed by atoms with van der Waals surface area (Å²) in [5.41, 5.74) is -0.237. The highest BCUT2D eigenvalue weighted by atomic mass is 19.1. The zero-order valence-corrected chi connectivity index (χ0v) is 11.3. The fraction of sp³-hybridized carbons (Fsp3) is 0.385. The second kappa shape index (κ2) is 7.44. The van der Waals surface area contributed by atoms with E-state index in [0.717, 1.165) is 12.1 Å². The van der Waals surface area contributed by atoms with Crippen LogP contribution in [0.2, 0.25) is 0 Å². The molecular formula is C13H17FN2O4. The summed E-state index contributed by atoms with van der Waals surface area (Å²) in [5.74, 6) is -2.25. The van der Waals surface area contributed by atoms with Gasteiger partial charge in [-0.05, 0) is 19.1 Å². The van der Waals surface area contributed by atoms with E-state index in [-0.39, 0.29) is 11.3 Å². The maximum atomic E-state index is 13.5. The van der Waals surface area contributed by atoms with E-state index in [1.807, 2.05) is 0 Å². The van der Waals surface area contributed by atoms with Crippen LogP contribution >= 0.6 is 0 Å². The van der Waals surface area contributed by atoms with E-state index in [4.69, 9.17) is 9.84 Å². The van der Waals surface area contributed by atoms with Gasteiger partial charge in [0.1, 0.15) is 17.6 Å². The molecule has 0 saturated heterocycles. The number of phenolic OH excluding ortho intramolecular Hbond substituents is 1. The minimum Gasteiger partial charge on any atom is -0.508 e. The van der Waals surface area contributed by atoms with E-state index in [0.29, 0.717) is 13.2 Å². The molecule has 20 heavy (non-hydrogen) atoms. The number of carbonyl (C=O) groups is 2. The van der Waals surface area contributed by atoms with Gasteiger partial charge < -0.3 is 20.5 Å². The van der Waals surface area contributed by atoms with Crippen LogP contribution in [0.4, 0.5) is 4.39 Å². The molecule has 0 saturated carbocycles. The van der Waals surface area contributed by atoms with Gasteiger partial charge in [-0.3, -0.25) is 9.59 Å². The van der Waals surface area contributed by atoms with Gasteiger partial charge in [0.15, 0.2) is 0 Å². The molecule has 1 atom stereocenters. The van der Waals surface area contributed by atoms with Crippen molar-refractivity contribution in [3.8, 4) is 5.75 Å². The minimum atomic E-state index is -0.852. The van der Waals surface area contributed by atoms with E-state index in [1.165, 1.54) is 20.1 Å². The Morgan fingerprint density at radius 2 is 2.15 bits per heavy atom. The number of carbonyl (C=O) groups excluding carboxylic acids is 2. The summed E-state index contributed by atoms with van der Waals surface area (Å²) in [7, 11) is 1.50. The van der Waals surface area contributed by atoms with Crippen molar-refractivity contribution in [1.82, 2.24) is 10.6 Å². The van der Waals surface area contributed by atoms with Gasteiger partial charge >= 0.3 is 0 Å². The highest BCUT2D eigenvalue weighted by Crippen LogP contribution is 2.14. The van der Waals surface area contributed by atoms with Gasteiger partial charge in [-0.1, -0.05) is 0 Å². The van der Waals surface area contributed by atoms with E-state index in [2.05, 4.69) is 10.6 Å². The third kappa shape index (κ3) is 4.51. The summed E-state index contributed by atoms with van der Waals surface area (Å²) < 4.78 is 18.2. The lowest BCUT2D eigenvalue weighted by atomic mass is 10.1. The van der Waals surface area contributed by atoms with Crippen LogP contribution in [0.5, 0.6) is 5.75 Å². The summed E-state index contributed by atoms with van der Waals surface area (Å²) in [5, 5.41) is 14.0. The Morgan fingerprint density at radius 1 is 1.45 bits per heavy atom. The molecule has 0 aliphatic heterocycles. The van der Waals surface area contributed by atoms with Crippen molar-refractivity contribution in [2.75, 3.05) is 20.3 Å². The highest BCUT2D eigenvalue weighted by Gasteiger charge is 2.18. The Kier molecular flexibility index (Phi) is 5.92. The molecule has 110 valence electrons. The summed E-state index contributed by atoms with van der Waals surface area (Å²) in [4.78, 5) is 23.4. The van der Waals surface area contributed by atoms with Crippen molar-refractivity contribution in [2.45, 2.75) is 13.0 Å². The first-order valence-corrected chi connectivity index (χ1v) is 6.01. The number of benzene rings is 1. The SMILES string of the molecule is COCCNC(=O)C(C)NC(=O)c1ccc(O)cc1F. The third-order valence-corrected chi connectivity index (χ3v) is 2.54. The number of nitrogens with one attached hydrogen (secondary N) is 2. The first-order chi connectivity index (χ1) is 9.45. The van der Waals surface area contributed by atoms with Crippen LogP contribution in [-0.4, -0.2) is 43.2 Å². The number of phenols is 1. The smallest absolute Gasteiger partial charge is 0.254 e. The number of aromatic hydroxyl groups is 1. The number of ether oxygens (including phenoxy) is 1. The molecule has 0 aliphatic carbocycles. The lowest BCUT2D eigenvalue weighted by molar-refractivity contribution is -0.122. The van der Waals surface area contributed by atoms with Crippen molar-refractivity contribution in [1.29, 1.82) is 0 Å². The first-order valence-electron chi connectivity index (χ1n) is 6.01. The molecular weight excluding hydrogens is 267 g/mol. The Balaban J connectivity index is 2.58. The normalized spacial score (nSPS) is 11.8. The molecule has 1 rings (SSSR count). The largest absolute Gasteiger partial charge is 0.508 e. The average Bonchev–Trinajstić information content (AvgIpc) is 2.38. The van der Waals surface area contributed by atoms with Crippen molar-refractivity contribution in [2.24, 2.45) is 0 Å². The summed E-state index contributed by atoms with van der Waals surface area (Å²) in [6.45, 7) is 2.17. The molecule has 3 N–H and O–H groups in total. The Morgan fingerprint density at radius 3 is 2.75 bits per heavy atom. The molecule has 0 radical (unpaired) electrons. The maximum Gasteiger partial charge on any atom is 0.254 e. The van der Waals surface area contributed by atoms with Crippen LogP contribution in [0.15, 0.2) is 18.2 Å². The third-order valence-electron chi connectivity index (χ3n) is 2.54. The standard InChI is InChI=1S/C13H17FN2O4/c1-8(12(18)15-5-6-20-2)16-13(19)10-4-3-9(17)7-11(10)14/h3-4,7-8,17H,5-6H2,1-2H3,(H,15,18)(H,16,19). The van der Waals surface area contributed by atoms with Gasteiger partial charge in [0.05, 0.1) is 12.2 Å². The van der Waals surface area contributed by atoms with Crippen LogP contribution in [0.3, 0.4) is 0 Å². The van der Waals surface area contributed by atoms with Crippen molar-refractivity contribution >= 4 is 11.8 Å². The molecule has 0 heterocycles. The average molecular weight is 284 g/mol. The topological polar surface area (TPSA) is 87.7 Å². The molecule has 2 amide bonds. The zero-order valence-electron chi connectivity index (χ0n) is 11.3. The van der Waals surface area contributed by atoms with Gasteiger partial charge in [-0.25, -0.2) is 4.39 Å². The number of methoxy groups -OCH3 is 1. The monoisotopic (exact) mass is 284 g/mol. The van der Waals surface area contributed by atoms with Crippen LogP contribution in [-0.2, 0) is 9.53 Å². The second-order valence-corrected chi connectivity index (χ2v) is 4.14. The van der Waals surface area contributed by atoms with E-state index >= 15 is 0 Å². The molecule has 1 aromatic carbocycles. The van der Waals surface area contributed by atoms with Crippen molar-refractivity contribution in [3.63, 3.8) is 0 Å². The van der Waals surface area contributed by atoms with Gasteiger partial charge in [0.2, 0.25) is 5.91 Å². The lowest BCUT2D eigenvalue weighted by Crippen LogP contribution is -2.45. The first kappa shape index (κ1) is 15.9. The number of rotatable bonds is 6. The van der Waals surface area contributed by atoms with Crippen LogP contribution in [0.1, 0.15) is 17.3 Å². The Labute approximate surface area is 115 Å². The molecule has 0 spiro atoms. The Bertz CT molecular complexity index is 493. The zero-order chi connectivity index (χ0) is 15.1. The molecule has 1 aromatic rings. The number of amides is 2. The van der Waals surface area contributed by atoms with Crippen LogP contribution in [0, 0.1) is 5.82 Å². The summed E-state index contributed by atoms with van der Waals surface area (Å²) >= 11 is 0. The highest BCUT2D eigenvalue weighted by molar-refractivity contribution is 5.97. The molecule has 0 aromatic heterocycles. The second-order valence-electron chi connectivity index (χ2n) is 4.14. The number of halogens is 1. The lowest BCUT2D eigenvalue weighted by Gasteiger charge is -2.14. The molecule has 1 unspecified atom stereocenters. The molecule has 7 heteroatoms. The maximum absolute atomic E-state index is 13.5. The molecule has 0 bridgehead atoms. The molecule has 0 aliphatic rings. The molecule has 0 fully saturated rings. The predicted molar refractivity (Wildman–Crippen MR) is 69.9 cm³/mol. The fourth-order valence-electron chi connectivity index (χ4n) is 1.46. The van der Waals surface area contributed by atoms with Gasteiger partial charge in [0.25, 0.3) is 5.91 Å². The number of hydrogen-bond acceptors (Lipinski definition) is 4. The summed E-state index contributed by atoms with van der Waals surface area (Å²) in [6.07, 6.45) is 0. The minimum absolute atomic E-state index is 0.237. The summed E-state index contributed by atoms with van der Waals surface area (Å²) in [6, 6.07) is 2.36. The van der Waals surface area contributed by atoms with Crippen molar-refractivity contribution < 1.29 is 23.8 Å². The fourth-order valence-corrected chi connectivity index (χ4v) is 1.46. The number of hydrogen-bond donors (Lipinski definition) is 3. The molecule has 6 nitrogen and oxygen atoms in total. The van der Waals surface area contributed by atoms with E-state index < -0.39 is 23.7 Å². The predicted octanol–water partition coefficient (Wildman–Crippen LogP) is 0.412. The Hall–Kier alpha value is -2.15. The van der Waals surface area contributed by atoms with Gasteiger partial charge in [-0.2, -0.15) is 0 Å². The van der Waals surface area contributed by atoms with E-state index in [1.54, 1.807) is 0 Å². The van der Waals surface area contributed by atoms with E-state index in [9.17, 15) is 14.0 Å². The quantitative estimate of drug-likeness (QED) is 0.660. The van der Waals surface area contributed by atoms with Crippen molar-refractivity contribution in [3.05, 3.63) is 29.6 Å². The van der Waals surface area contributed by atoms with Gasteiger partial charge in [0, 0.05) is 19.7 Å². The van der Waals surface area contributed by atoms with Gasteiger partial charge in [-0.15, -0.1) is 0 Å². The van der Waals surface area contributed by atoms with Crippen LogP contribution < -0.4 is 10.6 Å². The van der Waals surface area contributed by atoms with Crippen LogP contribution in [0.25, 0.3) is 0 Å².